The summed E-state index contributed by atoms with van der Waals surface area (Å²) in [6.45, 7) is 4.69. The summed E-state index contributed by atoms with van der Waals surface area (Å²) in [5, 5.41) is 5.15. The molecule has 0 saturated carbocycles. The first-order valence-corrected chi connectivity index (χ1v) is 14.5. The van der Waals surface area contributed by atoms with Crippen LogP contribution in [-0.2, 0) is 5.41 Å². The molecule has 0 bridgehead atoms. The highest BCUT2D eigenvalue weighted by molar-refractivity contribution is 6.21. The average Bonchev–Trinajstić information content (AvgIpc) is 3.26. The van der Waals surface area contributed by atoms with E-state index in [0.717, 1.165) is 0 Å². The van der Waals surface area contributed by atoms with Crippen LogP contribution >= 0.6 is 0 Å². The van der Waals surface area contributed by atoms with Crippen molar-refractivity contribution >= 4 is 21.5 Å². The molecule has 0 spiro atoms. The average molecular weight is 523 g/mol. The molecular weight excluding hydrogens is 492 g/mol. The zero-order chi connectivity index (χ0) is 27.6. The summed E-state index contributed by atoms with van der Waals surface area (Å²) < 4.78 is 0. The zero-order valence-electron chi connectivity index (χ0n) is 23.4. The minimum Gasteiger partial charge on any atom is -0.0622 e. The minimum atomic E-state index is 0.000206. The Morgan fingerprint density at radius 1 is 0.341 bits per heavy atom. The van der Waals surface area contributed by atoms with Crippen LogP contribution in [-0.4, -0.2) is 0 Å². The van der Waals surface area contributed by atoms with E-state index in [-0.39, 0.29) is 5.41 Å². The van der Waals surface area contributed by atoms with Gasteiger partial charge in [0.05, 0.1) is 0 Å². The molecule has 7 aromatic rings. The maximum Gasteiger partial charge on any atom is 0.0159 e. The third-order valence-corrected chi connectivity index (χ3v) is 9.08. The Bertz CT molecular complexity index is 2040. The molecule has 0 unspecified atom stereocenters. The van der Waals surface area contributed by atoms with Gasteiger partial charge in [-0.2, -0.15) is 0 Å². The highest BCUT2D eigenvalue weighted by Gasteiger charge is 2.35. The summed E-state index contributed by atoms with van der Waals surface area (Å²) >= 11 is 0. The molecule has 0 heterocycles. The van der Waals surface area contributed by atoms with Gasteiger partial charge in [-0.1, -0.05) is 153 Å². The third kappa shape index (κ3) is 3.61. The first kappa shape index (κ1) is 23.9. The smallest absolute Gasteiger partial charge is 0.0159 e. The molecular formula is C41H30. The SMILES string of the molecule is CC1(C)c2ccccc2-c2ccc(-c3ccc(-c4c5ccccc5c(-c5ccccc5)c5ccccc45)cc3)cc21. The fourth-order valence-electron chi connectivity index (χ4n) is 7.07. The van der Waals surface area contributed by atoms with Gasteiger partial charge >= 0.3 is 0 Å². The van der Waals surface area contributed by atoms with Crippen LogP contribution in [0.5, 0.6) is 0 Å². The van der Waals surface area contributed by atoms with E-state index in [9.17, 15) is 0 Å². The summed E-state index contributed by atoms with van der Waals surface area (Å²) in [4.78, 5) is 0. The summed E-state index contributed by atoms with van der Waals surface area (Å²) in [7, 11) is 0. The molecule has 1 aliphatic rings. The molecule has 0 atom stereocenters. The van der Waals surface area contributed by atoms with Crippen molar-refractivity contribution in [2.24, 2.45) is 0 Å². The van der Waals surface area contributed by atoms with Crippen molar-refractivity contribution in [2.75, 3.05) is 0 Å². The summed E-state index contributed by atoms with van der Waals surface area (Å²) in [6.07, 6.45) is 0. The first-order chi connectivity index (χ1) is 20.1. The van der Waals surface area contributed by atoms with Crippen LogP contribution < -0.4 is 0 Å². The molecule has 0 saturated heterocycles. The molecule has 0 radical (unpaired) electrons. The van der Waals surface area contributed by atoms with E-state index in [4.69, 9.17) is 0 Å². The van der Waals surface area contributed by atoms with Crippen LogP contribution in [0.2, 0.25) is 0 Å². The van der Waals surface area contributed by atoms with Crippen molar-refractivity contribution in [1.82, 2.24) is 0 Å². The second kappa shape index (κ2) is 9.04. The second-order valence-corrected chi connectivity index (χ2v) is 11.7. The lowest BCUT2D eigenvalue weighted by molar-refractivity contribution is 0.660. The largest absolute Gasteiger partial charge is 0.0622 e. The normalized spacial score (nSPS) is 13.3. The van der Waals surface area contributed by atoms with Gasteiger partial charge in [0.15, 0.2) is 0 Å². The first-order valence-electron chi connectivity index (χ1n) is 14.5. The van der Waals surface area contributed by atoms with Gasteiger partial charge in [-0.05, 0) is 83.2 Å². The van der Waals surface area contributed by atoms with Crippen molar-refractivity contribution in [3.05, 3.63) is 157 Å². The fourth-order valence-corrected chi connectivity index (χ4v) is 7.07. The van der Waals surface area contributed by atoms with Gasteiger partial charge in [-0.25, -0.2) is 0 Å². The van der Waals surface area contributed by atoms with Crippen molar-refractivity contribution in [1.29, 1.82) is 0 Å². The topological polar surface area (TPSA) is 0 Å². The summed E-state index contributed by atoms with van der Waals surface area (Å²) in [5.41, 5.74) is 13.2. The Morgan fingerprint density at radius 2 is 0.780 bits per heavy atom. The van der Waals surface area contributed by atoms with Crippen LogP contribution in [0.1, 0.15) is 25.0 Å². The maximum absolute atomic E-state index is 2.41. The zero-order valence-corrected chi connectivity index (χ0v) is 23.4. The lowest BCUT2D eigenvalue weighted by atomic mass is 9.81. The van der Waals surface area contributed by atoms with Crippen LogP contribution in [0.15, 0.2) is 146 Å². The van der Waals surface area contributed by atoms with E-state index in [2.05, 4.69) is 159 Å². The van der Waals surface area contributed by atoms with Crippen molar-refractivity contribution in [2.45, 2.75) is 19.3 Å². The van der Waals surface area contributed by atoms with E-state index in [1.165, 1.54) is 77.2 Å². The molecule has 0 nitrogen and oxygen atoms in total. The quantitative estimate of drug-likeness (QED) is 0.202. The monoisotopic (exact) mass is 522 g/mol. The van der Waals surface area contributed by atoms with Gasteiger partial charge < -0.3 is 0 Å². The molecule has 194 valence electrons. The predicted molar refractivity (Wildman–Crippen MR) is 175 cm³/mol. The highest BCUT2D eigenvalue weighted by atomic mass is 14.4. The summed E-state index contributed by atoms with van der Waals surface area (Å²) in [5.74, 6) is 0. The molecule has 8 rings (SSSR count). The molecule has 0 fully saturated rings. The van der Waals surface area contributed by atoms with Gasteiger partial charge in [0, 0.05) is 5.41 Å². The van der Waals surface area contributed by atoms with Crippen molar-refractivity contribution in [3.8, 4) is 44.5 Å². The number of benzene rings is 7. The van der Waals surface area contributed by atoms with Crippen LogP contribution in [0.25, 0.3) is 66.1 Å². The Kier molecular flexibility index (Phi) is 5.27. The van der Waals surface area contributed by atoms with Crippen molar-refractivity contribution < 1.29 is 0 Å². The molecule has 1 aliphatic carbocycles. The van der Waals surface area contributed by atoms with E-state index in [1.807, 2.05) is 0 Å². The second-order valence-electron chi connectivity index (χ2n) is 11.7. The molecule has 0 amide bonds. The molecule has 0 heteroatoms. The summed E-state index contributed by atoms with van der Waals surface area (Å²) in [6, 6.07) is 53.6. The van der Waals surface area contributed by atoms with E-state index in [0.29, 0.717) is 0 Å². The number of hydrogen-bond donors (Lipinski definition) is 0. The number of hydrogen-bond acceptors (Lipinski definition) is 0. The van der Waals surface area contributed by atoms with Crippen LogP contribution in [0.3, 0.4) is 0 Å². The minimum absolute atomic E-state index is 0.000206. The van der Waals surface area contributed by atoms with E-state index >= 15 is 0 Å². The maximum atomic E-state index is 2.41. The Morgan fingerprint density at radius 3 is 1.39 bits per heavy atom. The Labute approximate surface area is 241 Å². The van der Waals surface area contributed by atoms with Gasteiger partial charge in [-0.3, -0.25) is 0 Å². The molecule has 41 heavy (non-hydrogen) atoms. The van der Waals surface area contributed by atoms with E-state index in [1.54, 1.807) is 0 Å². The van der Waals surface area contributed by atoms with Crippen LogP contribution in [0.4, 0.5) is 0 Å². The van der Waals surface area contributed by atoms with Gasteiger partial charge in [-0.15, -0.1) is 0 Å². The standard InChI is InChI=1S/C41H30/c1-41(2)37-19-11-10-14-31(37)32-25-24-30(26-38(32)41)27-20-22-29(23-21-27)40-35-17-8-6-15-33(35)39(28-12-4-3-5-13-28)34-16-7-9-18-36(34)40/h3-26H,1-2H3. The lowest BCUT2D eigenvalue weighted by Gasteiger charge is -2.22. The third-order valence-electron chi connectivity index (χ3n) is 9.08. The molecule has 0 N–H and O–H groups in total. The molecule has 0 aromatic heterocycles. The van der Waals surface area contributed by atoms with Gasteiger partial charge in [0.25, 0.3) is 0 Å². The fraction of sp³-hybridized carbons (Fsp3) is 0.0732. The van der Waals surface area contributed by atoms with E-state index < -0.39 is 0 Å². The lowest BCUT2D eigenvalue weighted by Crippen LogP contribution is -2.14. The van der Waals surface area contributed by atoms with Crippen molar-refractivity contribution in [3.63, 3.8) is 0 Å². The molecule has 0 aliphatic heterocycles. The molecule has 7 aromatic carbocycles. The van der Waals surface area contributed by atoms with Gasteiger partial charge in [0.1, 0.15) is 0 Å². The Balaban J connectivity index is 1.28. The van der Waals surface area contributed by atoms with Gasteiger partial charge in [0.2, 0.25) is 0 Å². The number of fused-ring (bicyclic) bond motifs is 5. The predicted octanol–water partition coefficient (Wildman–Crippen LogP) is 11.3. The highest BCUT2D eigenvalue weighted by Crippen LogP contribution is 2.50. The van der Waals surface area contributed by atoms with Crippen LogP contribution in [0, 0.1) is 0 Å². The Hall–Kier alpha value is -4.94. The number of rotatable bonds is 3.